The van der Waals surface area contributed by atoms with Crippen LogP contribution in [0.25, 0.3) is 10.9 Å². The van der Waals surface area contributed by atoms with Crippen LogP contribution in [0.15, 0.2) is 48.7 Å². The number of carbonyl (C=O) groups is 2. The monoisotopic (exact) mass is 449 g/mol. The first-order valence-corrected chi connectivity index (χ1v) is 11.4. The van der Waals surface area contributed by atoms with Crippen LogP contribution in [-0.4, -0.2) is 48.5 Å². The van der Waals surface area contributed by atoms with E-state index in [4.69, 9.17) is 9.47 Å². The molecule has 2 aromatic carbocycles. The van der Waals surface area contributed by atoms with E-state index in [1.165, 1.54) is 0 Å². The number of fused-ring (bicyclic) bond motifs is 1. The van der Waals surface area contributed by atoms with Crippen LogP contribution in [-0.2, 0) is 16.0 Å². The van der Waals surface area contributed by atoms with Crippen molar-refractivity contribution in [2.45, 2.75) is 44.1 Å². The van der Waals surface area contributed by atoms with E-state index in [1.54, 1.807) is 37.3 Å². The molecule has 7 nitrogen and oxygen atoms in total. The smallest absolute Gasteiger partial charge is 0.250 e. The van der Waals surface area contributed by atoms with Crippen LogP contribution >= 0.6 is 0 Å². The number of aromatic amines is 1. The number of aromatic nitrogens is 1. The molecule has 33 heavy (non-hydrogen) atoms. The topological polar surface area (TPSA) is 83.7 Å². The molecular formula is C26H31N3O4. The van der Waals surface area contributed by atoms with Crippen LogP contribution in [0.5, 0.6) is 11.5 Å². The molecule has 0 saturated heterocycles. The van der Waals surface area contributed by atoms with Crippen molar-refractivity contribution in [3.8, 4) is 11.5 Å². The normalized spacial score (nSPS) is 15.1. The second kappa shape index (κ2) is 9.98. The minimum atomic E-state index is -0.878. The van der Waals surface area contributed by atoms with Gasteiger partial charge in [0.15, 0.2) is 0 Å². The Hall–Kier alpha value is -3.48. The highest BCUT2D eigenvalue weighted by Gasteiger charge is 2.44. The number of anilines is 1. The molecule has 0 radical (unpaired) electrons. The Kier molecular flexibility index (Phi) is 6.87. The van der Waals surface area contributed by atoms with E-state index in [1.807, 2.05) is 24.4 Å². The number of ether oxygens (including phenoxy) is 2. The lowest BCUT2D eigenvalue weighted by Gasteiger charge is -2.43. The van der Waals surface area contributed by atoms with Gasteiger partial charge in [0.25, 0.3) is 0 Å². The number of rotatable bonds is 9. The van der Waals surface area contributed by atoms with Crippen molar-refractivity contribution < 1.29 is 19.1 Å². The molecule has 1 aliphatic rings. The zero-order chi connectivity index (χ0) is 23.3. The summed E-state index contributed by atoms with van der Waals surface area (Å²) in [7, 11) is 3.14. The molecule has 1 aromatic heterocycles. The predicted molar refractivity (Wildman–Crippen MR) is 129 cm³/mol. The van der Waals surface area contributed by atoms with Gasteiger partial charge in [-0.2, -0.15) is 0 Å². The number of nitrogens with one attached hydrogen (secondary N) is 2. The second-order valence-corrected chi connectivity index (χ2v) is 8.52. The minimum Gasteiger partial charge on any atom is -0.497 e. The Labute approximate surface area is 194 Å². The number of para-hydroxylation sites is 1. The first kappa shape index (κ1) is 22.7. The van der Waals surface area contributed by atoms with Crippen LogP contribution in [0.3, 0.4) is 0 Å². The van der Waals surface area contributed by atoms with Crippen LogP contribution in [0.4, 0.5) is 5.69 Å². The standard InChI is InChI=1S/C26H31N3O4/c1-32-20-10-11-23(24(16-20)33-2)28-25(31)26(13-6-3-7-14-26)29(18-30)15-12-19-17-27-22-9-5-4-8-21(19)22/h4-5,8-11,16-18,27H,3,6-7,12-15H2,1-2H3,(H,28,31). The minimum absolute atomic E-state index is 0.170. The van der Waals surface area contributed by atoms with Crippen molar-refractivity contribution in [1.29, 1.82) is 0 Å². The molecule has 4 rings (SSSR count). The highest BCUT2D eigenvalue weighted by Crippen LogP contribution is 2.36. The molecule has 0 spiro atoms. The predicted octanol–water partition coefficient (Wildman–Crippen LogP) is 4.53. The van der Waals surface area contributed by atoms with E-state index in [-0.39, 0.29) is 5.91 Å². The van der Waals surface area contributed by atoms with Gasteiger partial charge in [0.2, 0.25) is 12.3 Å². The van der Waals surface area contributed by atoms with E-state index in [2.05, 4.69) is 16.4 Å². The molecule has 1 saturated carbocycles. The van der Waals surface area contributed by atoms with Crippen molar-refractivity contribution in [3.05, 3.63) is 54.2 Å². The maximum atomic E-state index is 13.7. The summed E-state index contributed by atoms with van der Waals surface area (Å²) < 4.78 is 10.7. The van der Waals surface area contributed by atoms with Crippen molar-refractivity contribution in [1.82, 2.24) is 9.88 Å². The van der Waals surface area contributed by atoms with Crippen molar-refractivity contribution in [2.24, 2.45) is 0 Å². The second-order valence-electron chi connectivity index (χ2n) is 8.52. The third-order valence-electron chi connectivity index (χ3n) is 6.73. The molecule has 0 atom stereocenters. The van der Waals surface area contributed by atoms with Gasteiger partial charge in [-0.05, 0) is 43.0 Å². The number of H-pyrrole nitrogens is 1. The average molecular weight is 450 g/mol. The fraction of sp³-hybridized carbons (Fsp3) is 0.385. The Morgan fingerprint density at radius 2 is 1.91 bits per heavy atom. The molecular weight excluding hydrogens is 418 g/mol. The Morgan fingerprint density at radius 1 is 1.12 bits per heavy atom. The average Bonchev–Trinajstić information content (AvgIpc) is 3.28. The lowest BCUT2D eigenvalue weighted by Crippen LogP contribution is -2.58. The first-order chi connectivity index (χ1) is 16.1. The Bertz CT molecular complexity index is 1120. The lowest BCUT2D eigenvalue weighted by molar-refractivity contribution is -0.139. The number of benzene rings is 2. The largest absolute Gasteiger partial charge is 0.497 e. The molecule has 1 aliphatic carbocycles. The van der Waals surface area contributed by atoms with Gasteiger partial charge >= 0.3 is 0 Å². The van der Waals surface area contributed by atoms with Gasteiger partial charge in [0.05, 0.1) is 19.9 Å². The fourth-order valence-corrected chi connectivity index (χ4v) is 4.87. The maximum absolute atomic E-state index is 13.7. The number of hydrogen-bond acceptors (Lipinski definition) is 4. The van der Waals surface area contributed by atoms with E-state index >= 15 is 0 Å². The molecule has 1 fully saturated rings. The number of nitrogens with zero attached hydrogens (tertiary/aromatic N) is 1. The zero-order valence-corrected chi connectivity index (χ0v) is 19.2. The third kappa shape index (κ3) is 4.53. The van der Waals surface area contributed by atoms with E-state index < -0.39 is 5.54 Å². The van der Waals surface area contributed by atoms with E-state index in [0.29, 0.717) is 43.0 Å². The number of hydrogen-bond donors (Lipinski definition) is 2. The van der Waals surface area contributed by atoms with Crippen LogP contribution in [0.1, 0.15) is 37.7 Å². The molecule has 1 heterocycles. The van der Waals surface area contributed by atoms with Crippen LogP contribution < -0.4 is 14.8 Å². The van der Waals surface area contributed by atoms with Gasteiger partial charge in [-0.3, -0.25) is 9.59 Å². The molecule has 0 unspecified atom stereocenters. The Balaban J connectivity index is 1.57. The molecule has 174 valence electrons. The summed E-state index contributed by atoms with van der Waals surface area (Å²) in [6.45, 7) is 0.471. The fourth-order valence-electron chi connectivity index (χ4n) is 4.87. The molecule has 0 aliphatic heterocycles. The van der Waals surface area contributed by atoms with E-state index in [9.17, 15) is 9.59 Å². The maximum Gasteiger partial charge on any atom is 0.250 e. The van der Waals surface area contributed by atoms with Gasteiger partial charge in [-0.25, -0.2) is 0 Å². The van der Waals surface area contributed by atoms with Crippen molar-refractivity contribution >= 4 is 28.9 Å². The summed E-state index contributed by atoms with van der Waals surface area (Å²) in [4.78, 5) is 31.0. The van der Waals surface area contributed by atoms with Gasteiger partial charge in [-0.15, -0.1) is 0 Å². The highest BCUT2D eigenvalue weighted by molar-refractivity contribution is 6.00. The Morgan fingerprint density at radius 3 is 2.64 bits per heavy atom. The van der Waals surface area contributed by atoms with Crippen LogP contribution in [0, 0.1) is 0 Å². The molecule has 3 aromatic rings. The van der Waals surface area contributed by atoms with Gasteiger partial charge < -0.3 is 24.7 Å². The number of methoxy groups -OCH3 is 2. The van der Waals surface area contributed by atoms with E-state index in [0.717, 1.165) is 42.1 Å². The summed E-state index contributed by atoms with van der Waals surface area (Å²) in [5.74, 6) is 0.993. The third-order valence-corrected chi connectivity index (χ3v) is 6.73. The molecule has 7 heteroatoms. The summed E-state index contributed by atoms with van der Waals surface area (Å²) in [5.41, 5.74) is 1.90. The quantitative estimate of drug-likeness (QED) is 0.470. The molecule has 2 amide bonds. The summed E-state index contributed by atoms with van der Waals surface area (Å²) >= 11 is 0. The summed E-state index contributed by atoms with van der Waals surface area (Å²) in [6.07, 6.45) is 7.66. The first-order valence-electron chi connectivity index (χ1n) is 11.4. The van der Waals surface area contributed by atoms with Crippen molar-refractivity contribution in [2.75, 3.05) is 26.1 Å². The molecule has 0 bridgehead atoms. The van der Waals surface area contributed by atoms with Gasteiger partial charge in [0, 0.05) is 29.7 Å². The zero-order valence-electron chi connectivity index (χ0n) is 19.2. The highest BCUT2D eigenvalue weighted by atomic mass is 16.5. The summed E-state index contributed by atoms with van der Waals surface area (Å²) in [5, 5.41) is 4.18. The SMILES string of the molecule is COc1ccc(NC(=O)C2(N(C=O)CCc3c[nH]c4ccccc34)CCCCC2)c(OC)c1. The summed E-state index contributed by atoms with van der Waals surface area (Å²) in [6, 6.07) is 13.4. The molecule has 2 N–H and O–H groups in total. The van der Waals surface area contributed by atoms with Crippen LogP contribution in [0.2, 0.25) is 0 Å². The van der Waals surface area contributed by atoms with Gasteiger partial charge in [0.1, 0.15) is 17.0 Å². The number of amides is 2. The lowest BCUT2D eigenvalue weighted by atomic mass is 9.79. The number of carbonyl (C=O) groups excluding carboxylic acids is 2. The van der Waals surface area contributed by atoms with Gasteiger partial charge in [-0.1, -0.05) is 37.5 Å². The van der Waals surface area contributed by atoms with Crippen molar-refractivity contribution in [3.63, 3.8) is 0 Å².